The molecule has 7 heteroatoms. The van der Waals surface area contributed by atoms with Crippen molar-refractivity contribution in [2.75, 3.05) is 11.9 Å². The molecule has 2 rings (SSSR count). The minimum Gasteiger partial charge on any atom is -0.326 e. The fourth-order valence-electron chi connectivity index (χ4n) is 2.35. The standard InChI is InChI=1S/C13H19N3O3S/c1-9-4-5-11(7-12(9)20(14,18)19)16-13(17)8-10-3-2-6-15-10/h4-5,7,10,15H,2-3,6,8H2,1H3,(H,16,17)(H2,14,18,19). The van der Waals surface area contributed by atoms with Crippen molar-refractivity contribution in [1.29, 1.82) is 0 Å². The number of carbonyl (C=O) groups is 1. The van der Waals surface area contributed by atoms with Crippen LogP contribution in [0.2, 0.25) is 0 Å². The summed E-state index contributed by atoms with van der Waals surface area (Å²) in [5, 5.41) is 11.1. The highest BCUT2D eigenvalue weighted by atomic mass is 32.2. The Labute approximate surface area is 118 Å². The van der Waals surface area contributed by atoms with Crippen LogP contribution in [0, 0.1) is 6.92 Å². The second kappa shape index (κ2) is 5.90. The molecule has 6 nitrogen and oxygen atoms in total. The van der Waals surface area contributed by atoms with E-state index in [2.05, 4.69) is 10.6 Å². The Bertz CT molecular complexity index is 607. The van der Waals surface area contributed by atoms with Crippen LogP contribution in [0.3, 0.4) is 0 Å². The van der Waals surface area contributed by atoms with Crippen LogP contribution in [0.25, 0.3) is 0 Å². The second-order valence-electron chi connectivity index (χ2n) is 5.07. The van der Waals surface area contributed by atoms with E-state index in [9.17, 15) is 13.2 Å². The molecule has 1 aliphatic heterocycles. The number of aryl methyl sites for hydroxylation is 1. The van der Waals surface area contributed by atoms with Crippen molar-refractivity contribution >= 4 is 21.6 Å². The Balaban J connectivity index is 2.07. The van der Waals surface area contributed by atoms with Crippen LogP contribution < -0.4 is 15.8 Å². The summed E-state index contributed by atoms with van der Waals surface area (Å²) in [6.45, 7) is 2.60. The minimum absolute atomic E-state index is 0.0364. The molecule has 1 atom stereocenters. The van der Waals surface area contributed by atoms with Crippen LogP contribution in [-0.4, -0.2) is 26.9 Å². The molecular weight excluding hydrogens is 278 g/mol. The summed E-state index contributed by atoms with van der Waals surface area (Å²) in [6.07, 6.45) is 2.46. The fraction of sp³-hybridized carbons (Fsp3) is 0.462. The molecule has 1 aromatic carbocycles. The van der Waals surface area contributed by atoms with Crippen LogP contribution in [-0.2, 0) is 14.8 Å². The van der Waals surface area contributed by atoms with Crippen LogP contribution in [0.1, 0.15) is 24.8 Å². The van der Waals surface area contributed by atoms with Gasteiger partial charge in [-0.3, -0.25) is 4.79 Å². The first-order valence-electron chi connectivity index (χ1n) is 6.53. The third kappa shape index (κ3) is 3.78. The van der Waals surface area contributed by atoms with Gasteiger partial charge in [0.2, 0.25) is 15.9 Å². The molecule has 0 spiro atoms. The molecule has 1 saturated heterocycles. The van der Waals surface area contributed by atoms with Crippen molar-refractivity contribution < 1.29 is 13.2 Å². The van der Waals surface area contributed by atoms with Gasteiger partial charge in [0.05, 0.1) is 4.90 Å². The molecule has 0 bridgehead atoms. The zero-order valence-corrected chi connectivity index (χ0v) is 12.2. The number of primary sulfonamides is 1. The molecular formula is C13H19N3O3S. The summed E-state index contributed by atoms with van der Waals surface area (Å²) >= 11 is 0. The van der Waals surface area contributed by atoms with E-state index in [-0.39, 0.29) is 16.8 Å². The SMILES string of the molecule is Cc1ccc(NC(=O)CC2CCCN2)cc1S(N)(=O)=O. The van der Waals surface area contributed by atoms with Crippen molar-refractivity contribution in [3.8, 4) is 0 Å². The summed E-state index contributed by atoms with van der Waals surface area (Å²) in [5.41, 5.74) is 1.01. The number of nitrogens with one attached hydrogen (secondary N) is 2. The normalized spacial score (nSPS) is 19.0. The molecule has 0 saturated carbocycles. The quantitative estimate of drug-likeness (QED) is 0.762. The number of carbonyl (C=O) groups excluding carboxylic acids is 1. The predicted molar refractivity (Wildman–Crippen MR) is 76.8 cm³/mol. The molecule has 1 aliphatic rings. The summed E-state index contributed by atoms with van der Waals surface area (Å²) in [6, 6.07) is 4.90. The average molecular weight is 297 g/mol. The fourth-order valence-corrected chi connectivity index (χ4v) is 3.16. The Morgan fingerprint density at radius 3 is 2.85 bits per heavy atom. The monoisotopic (exact) mass is 297 g/mol. The van der Waals surface area contributed by atoms with Gasteiger partial charge in [0.1, 0.15) is 0 Å². The molecule has 0 aliphatic carbocycles. The topological polar surface area (TPSA) is 101 Å². The molecule has 0 aromatic heterocycles. The van der Waals surface area contributed by atoms with Gasteiger partial charge in [-0.15, -0.1) is 0 Å². The smallest absolute Gasteiger partial charge is 0.238 e. The van der Waals surface area contributed by atoms with Gasteiger partial charge < -0.3 is 10.6 Å². The minimum atomic E-state index is -3.78. The number of nitrogens with two attached hydrogens (primary N) is 1. The van der Waals surface area contributed by atoms with Gasteiger partial charge in [-0.05, 0) is 44.0 Å². The lowest BCUT2D eigenvalue weighted by atomic mass is 10.1. The zero-order chi connectivity index (χ0) is 14.8. The van der Waals surface area contributed by atoms with E-state index in [1.807, 2.05) is 0 Å². The Morgan fingerprint density at radius 2 is 2.25 bits per heavy atom. The first kappa shape index (κ1) is 15.0. The first-order chi connectivity index (χ1) is 9.36. The van der Waals surface area contributed by atoms with Crippen LogP contribution in [0.5, 0.6) is 0 Å². The maximum absolute atomic E-state index is 11.9. The maximum Gasteiger partial charge on any atom is 0.238 e. The molecule has 1 heterocycles. The van der Waals surface area contributed by atoms with Crippen LogP contribution >= 0.6 is 0 Å². The lowest BCUT2D eigenvalue weighted by Gasteiger charge is -2.12. The van der Waals surface area contributed by atoms with Gasteiger partial charge in [-0.25, -0.2) is 13.6 Å². The first-order valence-corrected chi connectivity index (χ1v) is 8.07. The number of hydrogen-bond donors (Lipinski definition) is 3. The number of anilines is 1. The van der Waals surface area contributed by atoms with E-state index in [0.717, 1.165) is 19.4 Å². The predicted octanol–water partition coefficient (Wildman–Crippen LogP) is 0.723. The van der Waals surface area contributed by atoms with Crippen molar-refractivity contribution in [2.24, 2.45) is 5.14 Å². The van der Waals surface area contributed by atoms with E-state index in [0.29, 0.717) is 17.7 Å². The lowest BCUT2D eigenvalue weighted by molar-refractivity contribution is -0.116. The molecule has 20 heavy (non-hydrogen) atoms. The number of benzene rings is 1. The van der Waals surface area contributed by atoms with Crippen molar-refractivity contribution in [3.05, 3.63) is 23.8 Å². The largest absolute Gasteiger partial charge is 0.326 e. The molecule has 0 radical (unpaired) electrons. The van der Waals surface area contributed by atoms with Gasteiger partial charge in [-0.1, -0.05) is 6.07 Å². The van der Waals surface area contributed by atoms with Gasteiger partial charge in [0.25, 0.3) is 0 Å². The Kier molecular flexibility index (Phi) is 4.42. The molecule has 1 fully saturated rings. The van der Waals surface area contributed by atoms with Crippen molar-refractivity contribution in [2.45, 2.75) is 37.1 Å². The number of hydrogen-bond acceptors (Lipinski definition) is 4. The summed E-state index contributed by atoms with van der Waals surface area (Å²) in [7, 11) is -3.78. The van der Waals surface area contributed by atoms with E-state index in [1.54, 1.807) is 19.1 Å². The Hall–Kier alpha value is -1.44. The molecule has 110 valence electrons. The number of sulfonamides is 1. The highest BCUT2D eigenvalue weighted by Crippen LogP contribution is 2.19. The zero-order valence-electron chi connectivity index (χ0n) is 11.3. The second-order valence-corrected chi connectivity index (χ2v) is 6.60. The van der Waals surface area contributed by atoms with Crippen molar-refractivity contribution in [1.82, 2.24) is 5.32 Å². The number of amides is 1. The Morgan fingerprint density at radius 1 is 1.50 bits per heavy atom. The lowest BCUT2D eigenvalue weighted by Crippen LogP contribution is -2.27. The van der Waals surface area contributed by atoms with Gasteiger partial charge in [0.15, 0.2) is 0 Å². The highest BCUT2D eigenvalue weighted by molar-refractivity contribution is 7.89. The van der Waals surface area contributed by atoms with Crippen LogP contribution in [0.15, 0.2) is 23.1 Å². The summed E-state index contributed by atoms with van der Waals surface area (Å²) in [5.74, 6) is -0.131. The van der Waals surface area contributed by atoms with E-state index < -0.39 is 10.0 Å². The van der Waals surface area contributed by atoms with E-state index >= 15 is 0 Å². The third-order valence-electron chi connectivity index (χ3n) is 3.37. The number of rotatable bonds is 4. The average Bonchev–Trinajstić information content (AvgIpc) is 2.83. The molecule has 1 unspecified atom stereocenters. The van der Waals surface area contributed by atoms with E-state index in [1.165, 1.54) is 6.07 Å². The third-order valence-corrected chi connectivity index (χ3v) is 4.43. The molecule has 4 N–H and O–H groups in total. The summed E-state index contributed by atoms with van der Waals surface area (Å²) < 4.78 is 22.9. The van der Waals surface area contributed by atoms with Gasteiger partial charge >= 0.3 is 0 Å². The maximum atomic E-state index is 11.9. The van der Waals surface area contributed by atoms with E-state index in [4.69, 9.17) is 5.14 Å². The molecule has 1 aromatic rings. The van der Waals surface area contributed by atoms with Gasteiger partial charge in [-0.2, -0.15) is 0 Å². The molecule has 1 amide bonds. The highest BCUT2D eigenvalue weighted by Gasteiger charge is 2.18. The van der Waals surface area contributed by atoms with Crippen LogP contribution in [0.4, 0.5) is 5.69 Å². The van der Waals surface area contributed by atoms with Crippen molar-refractivity contribution in [3.63, 3.8) is 0 Å². The van der Waals surface area contributed by atoms with Gasteiger partial charge in [0, 0.05) is 18.2 Å². The summed E-state index contributed by atoms with van der Waals surface area (Å²) in [4.78, 5) is 11.9.